The second-order valence-electron chi connectivity index (χ2n) is 6.35. The minimum atomic E-state index is -0.439. The lowest BCUT2D eigenvalue weighted by atomic mass is 9.89. The van der Waals surface area contributed by atoms with Crippen LogP contribution in [0.2, 0.25) is 0 Å². The lowest BCUT2D eigenvalue weighted by Gasteiger charge is -2.19. The minimum absolute atomic E-state index is 0.259. The van der Waals surface area contributed by atoms with Gasteiger partial charge in [-0.15, -0.1) is 0 Å². The molecule has 25 heavy (non-hydrogen) atoms. The first kappa shape index (κ1) is 19.3. The highest BCUT2D eigenvalue weighted by Crippen LogP contribution is 2.24. The fourth-order valence-electron chi connectivity index (χ4n) is 3.11. The Hall–Kier alpha value is -2.01. The molecule has 0 bridgehead atoms. The molecule has 0 unspecified atom stereocenters. The summed E-state index contributed by atoms with van der Waals surface area (Å²) in [5.41, 5.74) is 0.942. The first-order valence-corrected chi connectivity index (χ1v) is 8.95. The van der Waals surface area contributed by atoms with E-state index in [1.807, 2.05) is 30.3 Å². The lowest BCUT2D eigenvalue weighted by Crippen LogP contribution is -2.31. The van der Waals surface area contributed by atoms with E-state index in [4.69, 9.17) is 14.2 Å². The Bertz CT molecular complexity index is 535. The smallest absolute Gasteiger partial charge is 0.408 e. The Labute approximate surface area is 150 Å². The molecule has 1 amide bonds. The second-order valence-corrected chi connectivity index (χ2v) is 6.35. The molecule has 0 aliphatic heterocycles. The van der Waals surface area contributed by atoms with Crippen LogP contribution >= 0.6 is 0 Å². The lowest BCUT2D eigenvalue weighted by molar-refractivity contribution is 0.133. The maximum Gasteiger partial charge on any atom is 0.408 e. The van der Waals surface area contributed by atoms with Crippen LogP contribution in [0.25, 0.3) is 0 Å². The summed E-state index contributed by atoms with van der Waals surface area (Å²) in [4.78, 5) is 12.0. The quantitative estimate of drug-likeness (QED) is 0.715. The second kappa shape index (κ2) is 10.8. The van der Waals surface area contributed by atoms with Crippen molar-refractivity contribution >= 4 is 6.09 Å². The minimum Gasteiger partial charge on any atom is -0.497 e. The number of benzene rings is 1. The van der Waals surface area contributed by atoms with Gasteiger partial charge in [-0.1, -0.05) is 43.5 Å². The number of hydrogen-bond donors (Lipinski definition) is 1. The van der Waals surface area contributed by atoms with Gasteiger partial charge < -0.3 is 19.5 Å². The zero-order chi connectivity index (χ0) is 17.9. The molecule has 1 atom stereocenters. The van der Waals surface area contributed by atoms with Gasteiger partial charge in [0.25, 0.3) is 0 Å². The van der Waals surface area contributed by atoms with Gasteiger partial charge >= 0.3 is 6.09 Å². The van der Waals surface area contributed by atoms with Crippen molar-refractivity contribution in [1.82, 2.24) is 5.32 Å². The van der Waals surface area contributed by atoms with E-state index in [2.05, 4.69) is 11.4 Å². The summed E-state index contributed by atoms with van der Waals surface area (Å²) in [5, 5.41) is 2.85. The van der Waals surface area contributed by atoms with Crippen molar-refractivity contribution in [2.75, 3.05) is 27.4 Å². The molecule has 2 rings (SSSR count). The van der Waals surface area contributed by atoms with E-state index in [1.165, 1.54) is 32.1 Å². The molecule has 0 aromatic heterocycles. The number of ether oxygens (including phenoxy) is 3. The van der Waals surface area contributed by atoms with Gasteiger partial charge in [0.05, 0.1) is 19.8 Å². The molecular formula is C20H29NO4. The molecule has 1 aliphatic carbocycles. The maximum atomic E-state index is 12.0. The molecule has 1 fully saturated rings. The number of carbonyl (C=O) groups excluding carboxylic acids is 1. The van der Waals surface area contributed by atoms with E-state index in [0.717, 1.165) is 11.3 Å². The Morgan fingerprint density at radius 1 is 1.20 bits per heavy atom. The van der Waals surface area contributed by atoms with Gasteiger partial charge in [-0.3, -0.25) is 0 Å². The molecule has 1 aliphatic rings. The Morgan fingerprint density at radius 2 is 1.92 bits per heavy atom. The molecule has 138 valence electrons. The van der Waals surface area contributed by atoms with E-state index in [9.17, 15) is 4.79 Å². The van der Waals surface area contributed by atoms with Crippen LogP contribution in [0, 0.1) is 5.92 Å². The van der Waals surface area contributed by atoms with Crippen molar-refractivity contribution in [3.8, 4) is 5.75 Å². The number of alkyl carbamates (subject to hydrolysis) is 1. The largest absolute Gasteiger partial charge is 0.497 e. The SMILES string of the molecule is COC[C@@H](NC(=O)OC/C=C/C1CCCCC1)c1ccc(OC)cc1. The Balaban J connectivity index is 1.79. The van der Waals surface area contributed by atoms with Crippen molar-refractivity contribution in [3.05, 3.63) is 42.0 Å². The molecule has 0 spiro atoms. The van der Waals surface area contributed by atoms with Crippen LogP contribution in [-0.2, 0) is 9.47 Å². The summed E-state index contributed by atoms with van der Waals surface area (Å²) in [7, 11) is 3.23. The van der Waals surface area contributed by atoms with Gasteiger partial charge in [0.2, 0.25) is 0 Å². The molecule has 1 aromatic rings. The first-order valence-electron chi connectivity index (χ1n) is 8.95. The van der Waals surface area contributed by atoms with Crippen molar-refractivity contribution in [2.24, 2.45) is 5.92 Å². The van der Waals surface area contributed by atoms with Gasteiger partial charge in [0, 0.05) is 7.11 Å². The molecule has 0 saturated heterocycles. The fourth-order valence-corrected chi connectivity index (χ4v) is 3.11. The van der Waals surface area contributed by atoms with E-state index in [1.54, 1.807) is 14.2 Å². The van der Waals surface area contributed by atoms with E-state index in [-0.39, 0.29) is 6.04 Å². The van der Waals surface area contributed by atoms with Crippen LogP contribution in [0.1, 0.15) is 43.7 Å². The normalized spacial score (nSPS) is 16.6. The van der Waals surface area contributed by atoms with Crippen LogP contribution in [0.3, 0.4) is 0 Å². The van der Waals surface area contributed by atoms with Gasteiger partial charge in [0.15, 0.2) is 0 Å². The molecule has 1 saturated carbocycles. The van der Waals surface area contributed by atoms with E-state index in [0.29, 0.717) is 19.1 Å². The number of nitrogens with one attached hydrogen (secondary N) is 1. The van der Waals surface area contributed by atoms with Gasteiger partial charge in [-0.25, -0.2) is 4.79 Å². The average Bonchev–Trinajstić information content (AvgIpc) is 2.66. The summed E-state index contributed by atoms with van der Waals surface area (Å²) >= 11 is 0. The summed E-state index contributed by atoms with van der Waals surface area (Å²) in [6.45, 7) is 0.671. The zero-order valence-electron chi connectivity index (χ0n) is 15.2. The summed E-state index contributed by atoms with van der Waals surface area (Å²) < 4.78 is 15.6. The molecule has 1 aromatic carbocycles. The van der Waals surface area contributed by atoms with Crippen molar-refractivity contribution < 1.29 is 19.0 Å². The molecule has 0 heterocycles. The molecule has 1 N–H and O–H groups in total. The molecular weight excluding hydrogens is 318 g/mol. The number of allylic oxidation sites excluding steroid dienone is 1. The summed E-state index contributed by atoms with van der Waals surface area (Å²) in [6.07, 6.45) is 10.1. The molecule has 5 nitrogen and oxygen atoms in total. The highest BCUT2D eigenvalue weighted by Gasteiger charge is 2.15. The van der Waals surface area contributed by atoms with Crippen molar-refractivity contribution in [1.29, 1.82) is 0 Å². The third-order valence-corrected chi connectivity index (χ3v) is 4.51. The monoisotopic (exact) mass is 347 g/mol. The first-order chi connectivity index (χ1) is 12.2. The van der Waals surface area contributed by atoms with E-state index < -0.39 is 6.09 Å². The van der Waals surface area contributed by atoms with Crippen LogP contribution in [0.15, 0.2) is 36.4 Å². The zero-order valence-corrected chi connectivity index (χ0v) is 15.2. The summed E-state index contributed by atoms with van der Waals surface area (Å²) in [6, 6.07) is 7.28. The summed E-state index contributed by atoms with van der Waals surface area (Å²) in [5.74, 6) is 1.41. The predicted molar refractivity (Wildman–Crippen MR) is 97.8 cm³/mol. The predicted octanol–water partition coefficient (Wildman–Crippen LogP) is 4.25. The van der Waals surface area contributed by atoms with Crippen molar-refractivity contribution in [2.45, 2.75) is 38.1 Å². The van der Waals surface area contributed by atoms with Gasteiger partial charge in [0.1, 0.15) is 12.4 Å². The number of hydrogen-bond acceptors (Lipinski definition) is 4. The third kappa shape index (κ3) is 6.78. The standard InChI is InChI=1S/C20H29NO4/c1-23-15-19(17-10-12-18(24-2)13-11-17)21-20(22)25-14-6-9-16-7-4-3-5-8-16/h6,9-13,16,19H,3-5,7-8,14-15H2,1-2H3,(H,21,22)/b9-6+/t19-/m1/s1. The topological polar surface area (TPSA) is 56.8 Å². The van der Waals surface area contributed by atoms with Crippen LogP contribution in [0.4, 0.5) is 4.79 Å². The number of amides is 1. The number of rotatable bonds is 8. The van der Waals surface area contributed by atoms with Crippen LogP contribution < -0.4 is 10.1 Å². The van der Waals surface area contributed by atoms with Crippen LogP contribution in [-0.4, -0.2) is 33.5 Å². The van der Waals surface area contributed by atoms with E-state index >= 15 is 0 Å². The Kier molecular flexibility index (Phi) is 8.32. The van der Waals surface area contributed by atoms with Gasteiger partial charge in [-0.05, 0) is 36.5 Å². The third-order valence-electron chi connectivity index (χ3n) is 4.51. The van der Waals surface area contributed by atoms with Crippen molar-refractivity contribution in [3.63, 3.8) is 0 Å². The highest BCUT2D eigenvalue weighted by atomic mass is 16.5. The average molecular weight is 347 g/mol. The van der Waals surface area contributed by atoms with Crippen LogP contribution in [0.5, 0.6) is 5.75 Å². The number of methoxy groups -OCH3 is 2. The Morgan fingerprint density at radius 3 is 2.56 bits per heavy atom. The highest BCUT2D eigenvalue weighted by molar-refractivity contribution is 5.68. The molecule has 0 radical (unpaired) electrons. The van der Waals surface area contributed by atoms with Gasteiger partial charge in [-0.2, -0.15) is 0 Å². The maximum absolute atomic E-state index is 12.0. The fraction of sp³-hybridized carbons (Fsp3) is 0.550. The molecule has 5 heteroatoms. The number of carbonyl (C=O) groups is 1.